The third kappa shape index (κ3) is 4.32. The van der Waals surface area contributed by atoms with Crippen LogP contribution < -0.4 is 0 Å². The molecule has 2 atom stereocenters. The number of esters is 1. The summed E-state index contributed by atoms with van der Waals surface area (Å²) in [6.07, 6.45) is -1.97. The molecule has 1 aliphatic rings. The zero-order valence-corrected chi connectivity index (χ0v) is 14.4. The van der Waals surface area contributed by atoms with Gasteiger partial charge in [0.25, 0.3) is 5.91 Å². The Morgan fingerprint density at radius 1 is 1.24 bits per heavy atom. The fourth-order valence-electron chi connectivity index (χ4n) is 2.53. The number of carbonyl (C=O) groups is 3. The van der Waals surface area contributed by atoms with Gasteiger partial charge in [-0.2, -0.15) is 0 Å². The highest BCUT2D eigenvalue weighted by Gasteiger charge is 2.51. The minimum Gasteiger partial charge on any atom is -0.467 e. The monoisotopic (exact) mass is 347 g/mol. The van der Waals surface area contributed by atoms with Gasteiger partial charge in [0.2, 0.25) is 0 Å². The molecule has 1 aliphatic heterocycles. The molecule has 1 aromatic rings. The molecule has 25 heavy (non-hydrogen) atoms. The molecule has 0 N–H and O–H groups in total. The zero-order valence-electron chi connectivity index (χ0n) is 14.4. The van der Waals surface area contributed by atoms with E-state index in [1.807, 2.05) is 30.3 Å². The second-order valence-electron chi connectivity index (χ2n) is 6.02. The van der Waals surface area contributed by atoms with Gasteiger partial charge in [-0.3, -0.25) is 9.59 Å². The number of amides is 1. The first-order valence-electron chi connectivity index (χ1n) is 7.72. The van der Waals surface area contributed by atoms with Gasteiger partial charge in [0.1, 0.15) is 0 Å². The second-order valence-corrected chi connectivity index (χ2v) is 6.02. The van der Waals surface area contributed by atoms with Crippen molar-refractivity contribution in [3.63, 3.8) is 0 Å². The van der Waals surface area contributed by atoms with E-state index in [0.717, 1.165) is 5.56 Å². The van der Waals surface area contributed by atoms with Crippen LogP contribution in [0.25, 0.3) is 0 Å². The van der Waals surface area contributed by atoms with Crippen LogP contribution in [0, 0.1) is 0 Å². The number of hydrogen-bond donors (Lipinski definition) is 0. The lowest BCUT2D eigenvalue weighted by Crippen LogP contribution is -2.46. The number of allylic oxidation sites excluding steroid dienone is 1. The lowest BCUT2D eigenvalue weighted by molar-refractivity contribution is -0.169. The van der Waals surface area contributed by atoms with Crippen LogP contribution in [0.1, 0.15) is 19.4 Å². The van der Waals surface area contributed by atoms with E-state index < -0.39 is 29.9 Å². The molecule has 0 aliphatic carbocycles. The largest absolute Gasteiger partial charge is 0.467 e. The van der Waals surface area contributed by atoms with E-state index in [0.29, 0.717) is 6.29 Å². The maximum absolute atomic E-state index is 13.0. The normalized spacial score (nSPS) is 21.4. The summed E-state index contributed by atoms with van der Waals surface area (Å²) < 4.78 is 15.8. The SMILES string of the molecule is C=C(C=O)N(Cc1ccccc1)C(=O)[C@@H]1OC(C)(C)O[C@H]1C(=O)OC. The van der Waals surface area contributed by atoms with Crippen molar-refractivity contribution in [3.8, 4) is 0 Å². The highest BCUT2D eigenvalue weighted by Crippen LogP contribution is 2.31. The molecule has 1 heterocycles. The molecule has 1 fully saturated rings. The topological polar surface area (TPSA) is 82.1 Å². The molecular weight excluding hydrogens is 326 g/mol. The third-order valence-corrected chi connectivity index (χ3v) is 3.71. The summed E-state index contributed by atoms with van der Waals surface area (Å²) in [6, 6.07) is 9.10. The smallest absolute Gasteiger partial charge is 0.338 e. The molecule has 1 amide bonds. The van der Waals surface area contributed by atoms with Crippen molar-refractivity contribution < 1.29 is 28.6 Å². The average Bonchev–Trinajstić information content (AvgIpc) is 2.94. The quantitative estimate of drug-likeness (QED) is 0.440. The minimum atomic E-state index is -1.23. The van der Waals surface area contributed by atoms with Gasteiger partial charge in [-0.1, -0.05) is 36.9 Å². The number of nitrogens with zero attached hydrogens (tertiary/aromatic N) is 1. The molecule has 0 unspecified atom stereocenters. The first-order chi connectivity index (χ1) is 11.8. The Balaban J connectivity index is 2.29. The van der Waals surface area contributed by atoms with Gasteiger partial charge in [0, 0.05) is 0 Å². The highest BCUT2D eigenvalue weighted by molar-refractivity contribution is 5.93. The Morgan fingerprint density at radius 2 is 1.84 bits per heavy atom. The summed E-state index contributed by atoms with van der Waals surface area (Å²) in [5.74, 6) is -2.46. The van der Waals surface area contributed by atoms with E-state index in [1.54, 1.807) is 13.8 Å². The summed E-state index contributed by atoms with van der Waals surface area (Å²) in [4.78, 5) is 37.3. The Bertz CT molecular complexity index is 669. The standard InChI is InChI=1S/C18H21NO6/c1-12(11-20)19(10-13-8-6-5-7-9-13)16(21)14-15(17(22)23-4)25-18(2,3)24-14/h5-9,11,14-15H,1,10H2,2-4H3/t14-,15-/m1/s1. The number of benzene rings is 1. The molecular formula is C18H21NO6. The zero-order chi connectivity index (χ0) is 18.6. The molecule has 0 bridgehead atoms. The number of rotatable bonds is 6. The fourth-order valence-corrected chi connectivity index (χ4v) is 2.53. The molecule has 2 rings (SSSR count). The van der Waals surface area contributed by atoms with Crippen LogP contribution in [0.2, 0.25) is 0 Å². The van der Waals surface area contributed by atoms with Crippen molar-refractivity contribution in [2.45, 2.75) is 38.4 Å². The van der Waals surface area contributed by atoms with Gasteiger partial charge < -0.3 is 19.1 Å². The Labute approximate surface area is 146 Å². The molecule has 1 aromatic carbocycles. The number of methoxy groups -OCH3 is 1. The first kappa shape index (κ1) is 18.8. The minimum absolute atomic E-state index is 0.0363. The van der Waals surface area contributed by atoms with E-state index in [-0.39, 0.29) is 12.2 Å². The fraction of sp³-hybridized carbons (Fsp3) is 0.389. The number of hydrogen-bond acceptors (Lipinski definition) is 6. The predicted octanol–water partition coefficient (Wildman–Crippen LogP) is 1.42. The van der Waals surface area contributed by atoms with Crippen LogP contribution in [0.5, 0.6) is 0 Å². The van der Waals surface area contributed by atoms with Gasteiger partial charge in [0.05, 0.1) is 19.4 Å². The van der Waals surface area contributed by atoms with Crippen molar-refractivity contribution in [1.29, 1.82) is 0 Å². The van der Waals surface area contributed by atoms with Crippen LogP contribution in [-0.2, 0) is 35.1 Å². The van der Waals surface area contributed by atoms with Crippen LogP contribution in [0.15, 0.2) is 42.6 Å². The Kier molecular flexibility index (Phi) is 5.71. The molecule has 7 heteroatoms. The van der Waals surface area contributed by atoms with Gasteiger partial charge in [-0.05, 0) is 19.4 Å². The summed E-state index contributed by atoms with van der Waals surface area (Å²) in [7, 11) is 1.20. The van der Waals surface area contributed by atoms with Crippen molar-refractivity contribution in [2.24, 2.45) is 0 Å². The van der Waals surface area contributed by atoms with Crippen molar-refractivity contribution in [2.75, 3.05) is 7.11 Å². The average molecular weight is 347 g/mol. The van der Waals surface area contributed by atoms with Gasteiger partial charge in [0.15, 0.2) is 24.3 Å². The number of aldehydes is 1. The maximum atomic E-state index is 13.0. The van der Waals surface area contributed by atoms with Crippen molar-refractivity contribution >= 4 is 18.2 Å². The summed E-state index contributed by atoms with van der Waals surface area (Å²) in [5.41, 5.74) is 0.761. The molecule has 0 saturated carbocycles. The Morgan fingerprint density at radius 3 is 2.40 bits per heavy atom. The highest BCUT2D eigenvalue weighted by atomic mass is 16.8. The van der Waals surface area contributed by atoms with Crippen LogP contribution in [0.3, 0.4) is 0 Å². The molecule has 134 valence electrons. The molecule has 0 radical (unpaired) electrons. The van der Waals surface area contributed by atoms with Crippen molar-refractivity contribution in [1.82, 2.24) is 4.90 Å². The van der Waals surface area contributed by atoms with Crippen molar-refractivity contribution in [3.05, 3.63) is 48.2 Å². The maximum Gasteiger partial charge on any atom is 0.338 e. The van der Waals surface area contributed by atoms with E-state index in [2.05, 4.69) is 11.3 Å². The number of carbonyl (C=O) groups excluding carboxylic acids is 3. The van der Waals surface area contributed by atoms with Gasteiger partial charge >= 0.3 is 5.97 Å². The van der Waals surface area contributed by atoms with Gasteiger partial charge in [-0.15, -0.1) is 0 Å². The van der Waals surface area contributed by atoms with E-state index >= 15 is 0 Å². The van der Waals surface area contributed by atoms with Crippen LogP contribution in [0.4, 0.5) is 0 Å². The Hall–Kier alpha value is -2.51. The van der Waals surface area contributed by atoms with E-state index in [4.69, 9.17) is 9.47 Å². The molecule has 0 spiro atoms. The summed E-state index contributed by atoms with van der Waals surface area (Å²) in [5, 5.41) is 0. The lowest BCUT2D eigenvalue weighted by Gasteiger charge is -2.26. The molecule has 0 aromatic heterocycles. The third-order valence-electron chi connectivity index (χ3n) is 3.71. The first-order valence-corrected chi connectivity index (χ1v) is 7.72. The molecule has 1 saturated heterocycles. The van der Waals surface area contributed by atoms with Crippen LogP contribution >= 0.6 is 0 Å². The number of ether oxygens (including phenoxy) is 3. The predicted molar refractivity (Wildman–Crippen MR) is 88.0 cm³/mol. The second kappa shape index (κ2) is 7.58. The summed E-state index contributed by atoms with van der Waals surface area (Å²) in [6.45, 7) is 6.91. The van der Waals surface area contributed by atoms with Crippen LogP contribution in [-0.4, -0.2) is 48.2 Å². The molecule has 7 nitrogen and oxygen atoms in total. The van der Waals surface area contributed by atoms with E-state index in [9.17, 15) is 14.4 Å². The van der Waals surface area contributed by atoms with E-state index in [1.165, 1.54) is 12.0 Å². The van der Waals surface area contributed by atoms with Gasteiger partial charge in [-0.25, -0.2) is 4.79 Å². The summed E-state index contributed by atoms with van der Waals surface area (Å²) >= 11 is 0. The lowest BCUT2D eigenvalue weighted by atomic mass is 10.1.